The van der Waals surface area contributed by atoms with E-state index in [4.69, 9.17) is 4.99 Å². The number of aromatic nitrogens is 3. The van der Waals surface area contributed by atoms with Gasteiger partial charge in [0.1, 0.15) is 5.82 Å². The minimum Gasteiger partial charge on any atom is -0.357 e. The number of guanidine groups is 1. The molecule has 0 bridgehead atoms. The molecule has 1 aliphatic rings. The molecule has 0 saturated carbocycles. The van der Waals surface area contributed by atoms with E-state index in [1.165, 1.54) is 5.56 Å². The Bertz CT molecular complexity index is 990. The number of aryl methyl sites for hydroxylation is 2. The second-order valence-electron chi connectivity index (χ2n) is 8.02. The zero-order valence-electron chi connectivity index (χ0n) is 19.1. The van der Waals surface area contributed by atoms with Crippen LogP contribution in [0.25, 0.3) is 5.69 Å². The molecule has 168 valence electrons. The van der Waals surface area contributed by atoms with Crippen molar-refractivity contribution in [3.63, 3.8) is 0 Å². The van der Waals surface area contributed by atoms with Crippen LogP contribution in [-0.4, -0.2) is 64.9 Å². The maximum atomic E-state index is 4.91. The molecule has 32 heavy (non-hydrogen) atoms. The van der Waals surface area contributed by atoms with Crippen molar-refractivity contribution in [2.24, 2.45) is 4.99 Å². The number of anilines is 1. The van der Waals surface area contributed by atoms with Crippen LogP contribution in [0, 0.1) is 6.92 Å². The quantitative estimate of drug-likeness (QED) is 0.353. The molecule has 0 atom stereocenters. The van der Waals surface area contributed by atoms with E-state index in [-0.39, 0.29) is 0 Å². The Hall–Kier alpha value is -3.35. The Morgan fingerprint density at radius 1 is 1.03 bits per heavy atom. The Balaban J connectivity index is 1.30. The molecule has 7 heteroatoms. The van der Waals surface area contributed by atoms with Crippen LogP contribution in [0.1, 0.15) is 24.6 Å². The number of pyridine rings is 1. The second kappa shape index (κ2) is 10.8. The van der Waals surface area contributed by atoms with Gasteiger partial charge in [-0.05, 0) is 56.5 Å². The number of para-hydroxylation sites is 1. The predicted molar refractivity (Wildman–Crippen MR) is 131 cm³/mol. The van der Waals surface area contributed by atoms with Crippen LogP contribution in [0.3, 0.4) is 0 Å². The summed E-state index contributed by atoms with van der Waals surface area (Å²) in [5.74, 6) is 2.07. The van der Waals surface area contributed by atoms with E-state index >= 15 is 0 Å². The second-order valence-corrected chi connectivity index (χ2v) is 8.02. The summed E-state index contributed by atoms with van der Waals surface area (Å²) in [6.07, 6.45) is 5.99. The smallest absolute Gasteiger partial charge is 0.194 e. The lowest BCUT2D eigenvalue weighted by Crippen LogP contribution is -2.52. The van der Waals surface area contributed by atoms with Gasteiger partial charge in [0.05, 0.1) is 11.4 Å². The monoisotopic (exact) mass is 431 g/mol. The molecule has 1 N–H and O–H groups in total. The van der Waals surface area contributed by atoms with E-state index in [0.29, 0.717) is 0 Å². The molecule has 0 aliphatic carbocycles. The summed E-state index contributed by atoms with van der Waals surface area (Å²) < 4.78 is 1.97. The molecule has 3 aromatic rings. The fourth-order valence-corrected chi connectivity index (χ4v) is 4.02. The molecular weight excluding hydrogens is 398 g/mol. The van der Waals surface area contributed by atoms with Crippen LogP contribution in [-0.2, 0) is 6.42 Å². The first-order valence-corrected chi connectivity index (χ1v) is 11.5. The molecule has 0 amide bonds. The van der Waals surface area contributed by atoms with Gasteiger partial charge in [-0.3, -0.25) is 4.99 Å². The minimum absolute atomic E-state index is 0.804. The van der Waals surface area contributed by atoms with Gasteiger partial charge >= 0.3 is 0 Å². The third-order valence-electron chi connectivity index (χ3n) is 5.77. The lowest BCUT2D eigenvalue weighted by atomic mass is 10.1. The van der Waals surface area contributed by atoms with Gasteiger partial charge in [-0.25, -0.2) is 9.67 Å². The number of nitrogens with zero attached hydrogens (tertiary/aromatic N) is 6. The molecule has 1 saturated heterocycles. The molecular formula is C25H33N7. The molecule has 2 aromatic heterocycles. The summed E-state index contributed by atoms with van der Waals surface area (Å²) in [4.78, 5) is 14.1. The van der Waals surface area contributed by atoms with Gasteiger partial charge in [0, 0.05) is 51.7 Å². The summed E-state index contributed by atoms with van der Waals surface area (Å²) in [7, 11) is 0. The Labute approximate surface area is 190 Å². The first kappa shape index (κ1) is 21.9. The summed E-state index contributed by atoms with van der Waals surface area (Å²) in [5.41, 5.74) is 3.48. The molecule has 0 radical (unpaired) electrons. The van der Waals surface area contributed by atoms with E-state index in [2.05, 4.69) is 63.4 Å². The van der Waals surface area contributed by atoms with Crippen LogP contribution >= 0.6 is 0 Å². The average molecular weight is 432 g/mol. The van der Waals surface area contributed by atoms with Gasteiger partial charge in [0.15, 0.2) is 5.96 Å². The number of hydrogen-bond donors (Lipinski definition) is 1. The Morgan fingerprint density at radius 3 is 2.53 bits per heavy atom. The number of nitrogens with one attached hydrogen (secondary N) is 1. The lowest BCUT2D eigenvalue weighted by molar-refractivity contribution is 0.371. The van der Waals surface area contributed by atoms with Gasteiger partial charge < -0.3 is 15.1 Å². The van der Waals surface area contributed by atoms with Gasteiger partial charge in [0.25, 0.3) is 0 Å². The van der Waals surface area contributed by atoms with E-state index in [1.54, 1.807) is 0 Å². The zero-order valence-corrected chi connectivity index (χ0v) is 19.1. The fraction of sp³-hybridized carbons (Fsp3) is 0.400. The van der Waals surface area contributed by atoms with Crippen molar-refractivity contribution >= 4 is 11.8 Å². The topological polar surface area (TPSA) is 61.6 Å². The van der Waals surface area contributed by atoms with Crippen LogP contribution in [0.4, 0.5) is 5.82 Å². The van der Waals surface area contributed by atoms with Crippen LogP contribution in [0.2, 0.25) is 0 Å². The van der Waals surface area contributed by atoms with Gasteiger partial charge in [-0.1, -0.05) is 24.3 Å². The fourth-order valence-electron chi connectivity index (χ4n) is 4.02. The lowest BCUT2D eigenvalue weighted by Gasteiger charge is -2.37. The zero-order chi connectivity index (χ0) is 22.2. The molecule has 3 heterocycles. The number of piperazine rings is 1. The highest BCUT2D eigenvalue weighted by molar-refractivity contribution is 5.80. The number of hydrogen-bond acceptors (Lipinski definition) is 4. The Kier molecular flexibility index (Phi) is 7.38. The third-order valence-corrected chi connectivity index (χ3v) is 5.77. The largest absolute Gasteiger partial charge is 0.357 e. The van der Waals surface area contributed by atoms with Crippen molar-refractivity contribution in [3.8, 4) is 5.69 Å². The van der Waals surface area contributed by atoms with Crippen molar-refractivity contribution in [1.29, 1.82) is 0 Å². The molecule has 4 rings (SSSR count). The summed E-state index contributed by atoms with van der Waals surface area (Å²) in [6, 6.07) is 16.4. The third kappa shape index (κ3) is 5.46. The van der Waals surface area contributed by atoms with Crippen molar-refractivity contribution in [2.75, 3.05) is 44.2 Å². The molecule has 7 nitrogen and oxygen atoms in total. The SMILES string of the molecule is CCNC(=NCCCc1cn(-c2ccccc2)nc1C)N1CCN(c2ccccn2)CC1. The maximum absolute atomic E-state index is 4.91. The number of rotatable bonds is 7. The van der Waals surface area contributed by atoms with E-state index in [0.717, 1.165) is 75.3 Å². The van der Waals surface area contributed by atoms with E-state index < -0.39 is 0 Å². The van der Waals surface area contributed by atoms with Crippen molar-refractivity contribution in [2.45, 2.75) is 26.7 Å². The van der Waals surface area contributed by atoms with E-state index in [1.807, 2.05) is 41.2 Å². The molecule has 1 fully saturated rings. The average Bonchev–Trinajstić information content (AvgIpc) is 3.23. The first-order chi connectivity index (χ1) is 15.7. The minimum atomic E-state index is 0.804. The standard InChI is InChI=1S/C25H33N7/c1-3-26-25(31-18-16-30(17-19-31)24-13-7-8-14-27-24)28-15-9-10-22-20-32(29-21(22)2)23-11-5-4-6-12-23/h4-8,11-14,20H,3,9-10,15-19H2,1-2H3,(H,26,28). The van der Waals surface area contributed by atoms with Gasteiger partial charge in [-0.15, -0.1) is 0 Å². The van der Waals surface area contributed by atoms with Crippen molar-refractivity contribution in [3.05, 3.63) is 72.2 Å². The number of aliphatic imine (C=N–C) groups is 1. The molecule has 0 spiro atoms. The van der Waals surface area contributed by atoms with Crippen LogP contribution in [0.15, 0.2) is 65.9 Å². The molecule has 1 aliphatic heterocycles. The summed E-state index contributed by atoms with van der Waals surface area (Å²) in [6.45, 7) is 9.71. The predicted octanol–water partition coefficient (Wildman–Crippen LogP) is 3.30. The Morgan fingerprint density at radius 2 is 1.81 bits per heavy atom. The van der Waals surface area contributed by atoms with Crippen LogP contribution < -0.4 is 10.2 Å². The normalized spacial score (nSPS) is 14.6. The molecule has 1 aromatic carbocycles. The summed E-state index contributed by atoms with van der Waals surface area (Å²) >= 11 is 0. The first-order valence-electron chi connectivity index (χ1n) is 11.5. The highest BCUT2D eigenvalue weighted by Gasteiger charge is 2.20. The summed E-state index contributed by atoms with van der Waals surface area (Å²) in [5, 5.41) is 8.15. The highest BCUT2D eigenvalue weighted by atomic mass is 15.4. The maximum Gasteiger partial charge on any atom is 0.194 e. The van der Waals surface area contributed by atoms with Gasteiger partial charge in [-0.2, -0.15) is 5.10 Å². The van der Waals surface area contributed by atoms with Crippen molar-refractivity contribution in [1.82, 2.24) is 25.0 Å². The van der Waals surface area contributed by atoms with Crippen molar-refractivity contribution < 1.29 is 0 Å². The van der Waals surface area contributed by atoms with E-state index in [9.17, 15) is 0 Å². The van der Waals surface area contributed by atoms with Gasteiger partial charge in [0.2, 0.25) is 0 Å². The number of benzene rings is 1. The highest BCUT2D eigenvalue weighted by Crippen LogP contribution is 2.14. The molecule has 0 unspecified atom stereocenters. The van der Waals surface area contributed by atoms with Crippen LogP contribution in [0.5, 0.6) is 0 Å².